The smallest absolute Gasteiger partial charge is 0.276 e. The lowest BCUT2D eigenvalue weighted by Gasteiger charge is -2.19. The zero-order valence-corrected chi connectivity index (χ0v) is 25.3. The van der Waals surface area contributed by atoms with Crippen LogP contribution in [0.3, 0.4) is 0 Å². The summed E-state index contributed by atoms with van der Waals surface area (Å²) in [4.78, 5) is 25.2. The van der Waals surface area contributed by atoms with Crippen molar-refractivity contribution in [3.8, 4) is 17.1 Å². The van der Waals surface area contributed by atoms with Gasteiger partial charge in [-0.15, -0.1) is 0 Å². The van der Waals surface area contributed by atoms with Gasteiger partial charge in [0.15, 0.2) is 5.69 Å². The molecule has 1 aliphatic rings. The lowest BCUT2D eigenvalue weighted by Crippen LogP contribution is -2.20. The molecule has 10 nitrogen and oxygen atoms in total. The van der Waals surface area contributed by atoms with Crippen LogP contribution < -0.4 is 20.7 Å². The molecule has 42 heavy (non-hydrogen) atoms. The van der Waals surface area contributed by atoms with Crippen LogP contribution in [0.1, 0.15) is 46.6 Å². The standard InChI is InChI=1S/C32H40N8O2/c1-7-20-10-9-11-21(8-2)27(20)36-31(41)29-24-14-12-22-19-34-32(37-28(22)30(24)40(5)38-29)35-25-15-13-23(18-26(25)42-6)33-16-17-39(3)4/h9-11,13,15,18-19,33H,7-8,12,14,16-17H2,1-6H3,(H,36,41)(H,34,35,37). The third kappa shape index (κ3) is 5.94. The summed E-state index contributed by atoms with van der Waals surface area (Å²) < 4.78 is 7.42. The maximum absolute atomic E-state index is 13.6. The largest absolute Gasteiger partial charge is 0.494 e. The number of anilines is 4. The molecule has 0 spiro atoms. The number of nitrogens with zero attached hydrogens (tertiary/aromatic N) is 5. The third-order valence-electron chi connectivity index (χ3n) is 7.67. The first-order valence-electron chi connectivity index (χ1n) is 14.5. The van der Waals surface area contributed by atoms with E-state index >= 15 is 0 Å². The maximum atomic E-state index is 13.6. The summed E-state index contributed by atoms with van der Waals surface area (Å²) in [5, 5.41) is 14.6. The number of aromatic nitrogens is 4. The van der Waals surface area contributed by atoms with Gasteiger partial charge in [0.1, 0.15) is 5.75 Å². The van der Waals surface area contributed by atoms with Gasteiger partial charge in [0.2, 0.25) is 5.95 Å². The van der Waals surface area contributed by atoms with Gasteiger partial charge in [-0.1, -0.05) is 32.0 Å². The van der Waals surface area contributed by atoms with Crippen LogP contribution in [0.15, 0.2) is 42.6 Å². The molecular formula is C32H40N8O2. The number of nitrogens with one attached hydrogen (secondary N) is 3. The summed E-state index contributed by atoms with van der Waals surface area (Å²) in [7, 11) is 7.61. The summed E-state index contributed by atoms with van der Waals surface area (Å²) in [6.45, 7) is 5.95. The van der Waals surface area contributed by atoms with E-state index in [-0.39, 0.29) is 5.91 Å². The normalized spacial score (nSPS) is 12.1. The van der Waals surface area contributed by atoms with Gasteiger partial charge in [-0.2, -0.15) is 5.10 Å². The molecule has 1 amide bonds. The van der Waals surface area contributed by atoms with E-state index in [1.165, 1.54) is 0 Å². The first-order chi connectivity index (χ1) is 20.3. The first kappa shape index (κ1) is 29.1. The Morgan fingerprint density at radius 3 is 2.55 bits per heavy atom. The third-order valence-corrected chi connectivity index (χ3v) is 7.67. The number of carbonyl (C=O) groups excluding carboxylic acids is 1. The summed E-state index contributed by atoms with van der Waals surface area (Å²) >= 11 is 0. The number of rotatable bonds is 11. The Hall–Kier alpha value is -4.44. The van der Waals surface area contributed by atoms with E-state index in [2.05, 4.69) is 56.9 Å². The van der Waals surface area contributed by atoms with E-state index in [4.69, 9.17) is 9.72 Å². The minimum absolute atomic E-state index is 0.192. The predicted octanol–water partition coefficient (Wildman–Crippen LogP) is 5.08. The van der Waals surface area contributed by atoms with Crippen molar-refractivity contribution in [1.29, 1.82) is 0 Å². The molecule has 0 saturated carbocycles. The summed E-state index contributed by atoms with van der Waals surface area (Å²) in [5.74, 6) is 0.942. The van der Waals surface area contributed by atoms with E-state index in [1.807, 2.05) is 51.6 Å². The number of likely N-dealkylation sites (N-methyl/N-ethyl adjacent to an activating group) is 1. The van der Waals surface area contributed by atoms with Crippen LogP contribution in [0.25, 0.3) is 11.4 Å². The second kappa shape index (κ2) is 12.6. The van der Waals surface area contributed by atoms with Gasteiger partial charge in [0.25, 0.3) is 5.91 Å². The molecule has 1 aliphatic carbocycles. The van der Waals surface area contributed by atoms with Crippen molar-refractivity contribution in [2.75, 3.05) is 50.2 Å². The Kier molecular flexibility index (Phi) is 8.72. The second-order valence-corrected chi connectivity index (χ2v) is 10.7. The highest BCUT2D eigenvalue weighted by molar-refractivity contribution is 6.06. The average molecular weight is 569 g/mol. The number of benzene rings is 2. The van der Waals surface area contributed by atoms with E-state index in [0.29, 0.717) is 23.8 Å². The zero-order valence-electron chi connectivity index (χ0n) is 25.3. The SMILES string of the molecule is CCc1cccc(CC)c1NC(=O)c1nn(C)c2c1CCc1cnc(Nc3ccc(NCCN(C)C)cc3OC)nc1-2. The van der Waals surface area contributed by atoms with Gasteiger partial charge in [0.05, 0.1) is 24.2 Å². The van der Waals surface area contributed by atoms with Gasteiger partial charge in [0, 0.05) is 49.3 Å². The first-order valence-corrected chi connectivity index (χ1v) is 14.5. The number of amides is 1. The topological polar surface area (TPSA) is 109 Å². The van der Waals surface area contributed by atoms with Gasteiger partial charge >= 0.3 is 0 Å². The fraction of sp³-hybridized carbons (Fsp3) is 0.375. The highest BCUT2D eigenvalue weighted by Gasteiger charge is 2.29. The van der Waals surface area contributed by atoms with Gasteiger partial charge in [-0.3, -0.25) is 9.48 Å². The molecule has 220 valence electrons. The molecule has 0 fully saturated rings. The van der Waals surface area contributed by atoms with Gasteiger partial charge in [-0.25, -0.2) is 9.97 Å². The maximum Gasteiger partial charge on any atom is 0.276 e. The van der Waals surface area contributed by atoms with E-state index in [9.17, 15) is 4.79 Å². The summed E-state index contributed by atoms with van der Waals surface area (Å²) in [5.41, 5.74) is 8.88. The number of carbonyl (C=O) groups is 1. The minimum Gasteiger partial charge on any atom is -0.494 e. The second-order valence-electron chi connectivity index (χ2n) is 10.7. The monoisotopic (exact) mass is 568 g/mol. The fourth-order valence-electron chi connectivity index (χ4n) is 5.42. The van der Waals surface area contributed by atoms with E-state index in [0.717, 1.165) is 83.1 Å². The van der Waals surface area contributed by atoms with Crippen LogP contribution >= 0.6 is 0 Å². The molecule has 0 unspecified atom stereocenters. The van der Waals surface area contributed by atoms with Crippen LogP contribution in [0.5, 0.6) is 5.75 Å². The summed E-state index contributed by atoms with van der Waals surface area (Å²) in [6, 6.07) is 12.1. The molecule has 2 heterocycles. The van der Waals surface area contributed by atoms with E-state index in [1.54, 1.807) is 11.8 Å². The van der Waals surface area contributed by atoms with Crippen LogP contribution in [-0.4, -0.2) is 64.9 Å². The van der Waals surface area contributed by atoms with Crippen molar-refractivity contribution >= 4 is 28.9 Å². The number of fused-ring (bicyclic) bond motifs is 3. The van der Waals surface area contributed by atoms with Crippen LogP contribution in [0.4, 0.5) is 23.0 Å². The van der Waals surface area contributed by atoms with Crippen molar-refractivity contribution in [1.82, 2.24) is 24.6 Å². The van der Waals surface area contributed by atoms with E-state index < -0.39 is 0 Å². The Bertz CT molecular complexity index is 1570. The average Bonchev–Trinajstić information content (AvgIpc) is 3.34. The predicted molar refractivity (Wildman–Crippen MR) is 168 cm³/mol. The number of ether oxygens (including phenoxy) is 1. The summed E-state index contributed by atoms with van der Waals surface area (Å²) in [6.07, 6.45) is 4.96. The van der Waals surface area contributed by atoms with Crippen molar-refractivity contribution in [2.24, 2.45) is 7.05 Å². The Morgan fingerprint density at radius 1 is 1.10 bits per heavy atom. The Labute approximate surface area is 247 Å². The molecule has 4 aromatic rings. The number of methoxy groups -OCH3 is 1. The van der Waals surface area contributed by atoms with Crippen molar-refractivity contribution in [3.63, 3.8) is 0 Å². The molecule has 0 aliphatic heterocycles. The molecule has 0 atom stereocenters. The van der Waals surface area contributed by atoms with Gasteiger partial charge in [-0.05, 0) is 68.6 Å². The van der Waals surface area contributed by atoms with Crippen LogP contribution in [0.2, 0.25) is 0 Å². The molecule has 3 N–H and O–H groups in total. The Morgan fingerprint density at radius 2 is 1.86 bits per heavy atom. The zero-order chi connectivity index (χ0) is 29.8. The minimum atomic E-state index is -0.192. The Balaban J connectivity index is 1.41. The molecule has 0 bridgehead atoms. The fourth-order valence-corrected chi connectivity index (χ4v) is 5.42. The quantitative estimate of drug-likeness (QED) is 0.230. The van der Waals surface area contributed by atoms with Crippen LogP contribution in [-0.2, 0) is 32.7 Å². The number of hydrogen-bond acceptors (Lipinski definition) is 8. The molecular weight excluding hydrogens is 528 g/mol. The van der Waals surface area contributed by atoms with Crippen molar-refractivity contribution in [3.05, 3.63) is 70.5 Å². The number of hydrogen-bond donors (Lipinski definition) is 3. The highest BCUT2D eigenvalue weighted by Crippen LogP contribution is 2.36. The lowest BCUT2D eigenvalue weighted by molar-refractivity contribution is 0.102. The van der Waals surface area contributed by atoms with Crippen molar-refractivity contribution < 1.29 is 9.53 Å². The van der Waals surface area contributed by atoms with Crippen LogP contribution in [0, 0.1) is 0 Å². The number of para-hydroxylation sites is 1. The van der Waals surface area contributed by atoms with Crippen molar-refractivity contribution in [2.45, 2.75) is 39.5 Å². The lowest BCUT2D eigenvalue weighted by atomic mass is 9.93. The van der Waals surface area contributed by atoms with Gasteiger partial charge < -0.3 is 25.6 Å². The number of aryl methyl sites for hydroxylation is 4. The highest BCUT2D eigenvalue weighted by atomic mass is 16.5. The molecule has 2 aromatic carbocycles. The molecule has 10 heteroatoms. The molecule has 0 radical (unpaired) electrons. The molecule has 2 aromatic heterocycles. The molecule has 5 rings (SSSR count). The molecule has 0 saturated heterocycles.